The van der Waals surface area contributed by atoms with Gasteiger partial charge in [-0.1, -0.05) is 5.16 Å². The Hall–Kier alpha value is -1.47. The van der Waals surface area contributed by atoms with E-state index >= 15 is 0 Å². The summed E-state index contributed by atoms with van der Waals surface area (Å²) in [6.45, 7) is 2.26. The number of carbonyl (C=O) groups is 1. The summed E-state index contributed by atoms with van der Waals surface area (Å²) < 4.78 is 5.22. The Morgan fingerprint density at radius 2 is 2.24 bits per heavy atom. The number of likely N-dealkylation sites (tertiary alicyclic amines) is 1. The summed E-state index contributed by atoms with van der Waals surface area (Å²) in [7, 11) is 0. The fourth-order valence-electron chi connectivity index (χ4n) is 3.90. The largest absolute Gasteiger partial charge is 0.393 e. The summed E-state index contributed by atoms with van der Waals surface area (Å²) in [6.07, 6.45) is 3.65. The number of carbonyl (C=O) groups excluding carboxylic acids is 1. The second-order valence-corrected chi connectivity index (χ2v) is 6.38. The number of nitrogens with one attached hydrogen (secondary N) is 1. The van der Waals surface area contributed by atoms with E-state index in [0.717, 1.165) is 32.2 Å². The van der Waals surface area contributed by atoms with E-state index in [9.17, 15) is 9.90 Å². The molecule has 21 heavy (non-hydrogen) atoms. The first-order chi connectivity index (χ1) is 10.2. The second kappa shape index (κ2) is 5.06. The number of hydrogen-bond acceptors (Lipinski definition) is 6. The highest BCUT2D eigenvalue weighted by atomic mass is 16.5. The van der Waals surface area contributed by atoms with E-state index in [2.05, 4.69) is 15.5 Å². The van der Waals surface area contributed by atoms with Crippen LogP contribution in [0.4, 0.5) is 0 Å². The molecule has 2 saturated heterocycles. The smallest absolute Gasteiger partial charge is 0.295 e. The molecule has 3 fully saturated rings. The fraction of sp³-hybridized carbons (Fsp3) is 0.786. The molecule has 0 aromatic carbocycles. The third kappa shape index (κ3) is 2.24. The van der Waals surface area contributed by atoms with Gasteiger partial charge in [0, 0.05) is 19.0 Å². The molecule has 2 N–H and O–H groups in total. The van der Waals surface area contributed by atoms with Crippen molar-refractivity contribution in [2.45, 2.75) is 37.8 Å². The lowest BCUT2D eigenvalue weighted by Gasteiger charge is -2.16. The number of aromatic nitrogens is 2. The summed E-state index contributed by atoms with van der Waals surface area (Å²) in [6, 6.07) is 0.0823. The van der Waals surface area contributed by atoms with Crippen molar-refractivity contribution in [1.29, 1.82) is 0 Å². The van der Waals surface area contributed by atoms with E-state index in [4.69, 9.17) is 4.52 Å². The van der Waals surface area contributed by atoms with Gasteiger partial charge >= 0.3 is 0 Å². The number of aliphatic hydroxyl groups is 1. The first-order valence-electron chi connectivity index (χ1n) is 7.76. The molecule has 4 atom stereocenters. The number of fused-ring (bicyclic) bond motifs is 1. The van der Waals surface area contributed by atoms with Crippen molar-refractivity contribution in [3.8, 4) is 0 Å². The molecule has 7 heteroatoms. The second-order valence-electron chi connectivity index (χ2n) is 6.38. The van der Waals surface area contributed by atoms with E-state index < -0.39 is 0 Å². The minimum absolute atomic E-state index is 0.0823. The Labute approximate surface area is 122 Å². The van der Waals surface area contributed by atoms with Gasteiger partial charge in [0.15, 0.2) is 0 Å². The zero-order valence-corrected chi connectivity index (χ0v) is 11.9. The zero-order valence-electron chi connectivity index (χ0n) is 11.9. The van der Waals surface area contributed by atoms with Crippen molar-refractivity contribution in [2.24, 2.45) is 11.8 Å². The third-order valence-corrected chi connectivity index (χ3v) is 5.10. The number of hydrogen-bond donors (Lipinski definition) is 2. The average molecular weight is 292 g/mol. The normalized spacial score (nSPS) is 35.4. The summed E-state index contributed by atoms with van der Waals surface area (Å²) in [5.41, 5.74) is 0. The molecule has 0 radical (unpaired) electrons. The number of nitrogens with zero attached hydrogens (tertiary/aromatic N) is 3. The summed E-state index contributed by atoms with van der Waals surface area (Å²) in [5, 5.41) is 17.0. The molecule has 1 saturated carbocycles. The summed E-state index contributed by atoms with van der Waals surface area (Å²) >= 11 is 0. The van der Waals surface area contributed by atoms with E-state index in [-0.39, 0.29) is 29.8 Å². The van der Waals surface area contributed by atoms with Gasteiger partial charge in [0.2, 0.25) is 5.89 Å². The highest BCUT2D eigenvalue weighted by molar-refractivity contribution is 5.90. The Bertz CT molecular complexity index is 540. The first-order valence-corrected chi connectivity index (χ1v) is 7.76. The Morgan fingerprint density at radius 3 is 3.00 bits per heavy atom. The van der Waals surface area contributed by atoms with Gasteiger partial charge in [-0.25, -0.2) is 0 Å². The van der Waals surface area contributed by atoms with Crippen molar-refractivity contribution >= 4 is 5.91 Å². The zero-order chi connectivity index (χ0) is 14.4. The van der Waals surface area contributed by atoms with Crippen LogP contribution in [0.1, 0.15) is 48.2 Å². The van der Waals surface area contributed by atoms with E-state index in [1.54, 1.807) is 4.90 Å². The molecule has 114 valence electrons. The van der Waals surface area contributed by atoms with E-state index in [0.29, 0.717) is 24.9 Å². The lowest BCUT2D eigenvalue weighted by Crippen LogP contribution is -2.31. The summed E-state index contributed by atoms with van der Waals surface area (Å²) in [4.78, 5) is 18.5. The van der Waals surface area contributed by atoms with Crippen LogP contribution < -0.4 is 5.32 Å². The highest BCUT2D eigenvalue weighted by Gasteiger charge is 2.44. The maximum Gasteiger partial charge on any atom is 0.295 e. The van der Waals surface area contributed by atoms with Gasteiger partial charge in [-0.3, -0.25) is 4.79 Å². The van der Waals surface area contributed by atoms with Gasteiger partial charge in [0.25, 0.3) is 11.7 Å². The van der Waals surface area contributed by atoms with Gasteiger partial charge in [0.05, 0.1) is 12.1 Å². The standard InChI is InChI=1S/C14H20N4O3/c19-11-4-3-8-6-18(7-9(8)11)14(20)12-16-13(21-17-12)10-2-1-5-15-10/h8-11,15,19H,1-7H2. The molecule has 1 amide bonds. The van der Waals surface area contributed by atoms with Crippen LogP contribution in [0, 0.1) is 11.8 Å². The number of aliphatic hydroxyl groups excluding tert-OH is 1. The summed E-state index contributed by atoms with van der Waals surface area (Å²) in [5.74, 6) is 1.12. The highest BCUT2D eigenvalue weighted by Crippen LogP contribution is 2.38. The maximum absolute atomic E-state index is 12.5. The molecule has 7 nitrogen and oxygen atoms in total. The molecule has 1 aromatic rings. The topological polar surface area (TPSA) is 91.5 Å². The maximum atomic E-state index is 12.5. The van der Waals surface area contributed by atoms with Gasteiger partial charge in [-0.05, 0) is 38.1 Å². The van der Waals surface area contributed by atoms with Gasteiger partial charge < -0.3 is 19.8 Å². The molecule has 1 aliphatic carbocycles. The van der Waals surface area contributed by atoms with Crippen LogP contribution in [-0.4, -0.2) is 51.8 Å². The van der Waals surface area contributed by atoms with Crippen LogP contribution in [0.5, 0.6) is 0 Å². The Morgan fingerprint density at radius 1 is 1.33 bits per heavy atom. The van der Waals surface area contributed by atoms with Crippen LogP contribution in [0.2, 0.25) is 0 Å². The first kappa shape index (κ1) is 13.2. The van der Waals surface area contributed by atoms with Gasteiger partial charge in [0.1, 0.15) is 0 Å². The predicted molar refractivity (Wildman–Crippen MR) is 72.4 cm³/mol. The molecular formula is C14H20N4O3. The number of amides is 1. The molecular weight excluding hydrogens is 272 g/mol. The predicted octanol–water partition coefficient (Wildman–Crippen LogP) is 0.337. The lowest BCUT2D eigenvalue weighted by atomic mass is 10.00. The Kier molecular flexibility index (Phi) is 3.19. The van der Waals surface area contributed by atoms with Crippen LogP contribution in [0.25, 0.3) is 0 Å². The molecule has 3 aliphatic rings. The molecule has 3 heterocycles. The number of rotatable bonds is 2. The monoisotopic (exact) mass is 292 g/mol. The fourth-order valence-corrected chi connectivity index (χ4v) is 3.90. The van der Waals surface area contributed by atoms with Crippen molar-refractivity contribution in [3.63, 3.8) is 0 Å². The van der Waals surface area contributed by atoms with Crippen LogP contribution in [0.3, 0.4) is 0 Å². The van der Waals surface area contributed by atoms with Crippen LogP contribution >= 0.6 is 0 Å². The quantitative estimate of drug-likeness (QED) is 0.816. The third-order valence-electron chi connectivity index (χ3n) is 5.10. The van der Waals surface area contributed by atoms with Crippen molar-refractivity contribution in [1.82, 2.24) is 20.4 Å². The Balaban J connectivity index is 1.46. The van der Waals surface area contributed by atoms with Gasteiger partial charge in [-0.2, -0.15) is 4.98 Å². The molecule has 1 aromatic heterocycles. The SMILES string of the molecule is O=C(c1noc(C2CCCN2)n1)N1CC2CCC(O)C2C1. The molecule has 0 bridgehead atoms. The van der Waals surface area contributed by atoms with E-state index in [1.807, 2.05) is 0 Å². The molecule has 0 spiro atoms. The van der Waals surface area contributed by atoms with Crippen LogP contribution in [0.15, 0.2) is 4.52 Å². The van der Waals surface area contributed by atoms with Gasteiger partial charge in [-0.15, -0.1) is 0 Å². The van der Waals surface area contributed by atoms with Crippen molar-refractivity contribution < 1.29 is 14.4 Å². The minimum atomic E-state index is -0.267. The average Bonchev–Trinajstić information content (AvgIpc) is 3.25. The molecule has 4 rings (SSSR count). The molecule has 2 aliphatic heterocycles. The minimum Gasteiger partial charge on any atom is -0.393 e. The van der Waals surface area contributed by atoms with Crippen molar-refractivity contribution in [3.05, 3.63) is 11.7 Å². The lowest BCUT2D eigenvalue weighted by molar-refractivity contribution is 0.0737. The molecule has 4 unspecified atom stereocenters. The van der Waals surface area contributed by atoms with E-state index in [1.165, 1.54) is 0 Å². The van der Waals surface area contributed by atoms with Crippen LogP contribution in [-0.2, 0) is 0 Å². The van der Waals surface area contributed by atoms with Crippen molar-refractivity contribution in [2.75, 3.05) is 19.6 Å².